The molecule has 12 heavy (non-hydrogen) atoms. The summed E-state index contributed by atoms with van der Waals surface area (Å²) in [5, 5.41) is 0.814. The highest BCUT2D eigenvalue weighted by molar-refractivity contribution is 8.76. The van der Waals surface area contributed by atoms with Crippen LogP contribution in [-0.4, -0.2) is 11.0 Å². The van der Waals surface area contributed by atoms with Gasteiger partial charge >= 0.3 is 0 Å². The Labute approximate surface area is 85.7 Å². The predicted molar refractivity (Wildman–Crippen MR) is 63.8 cm³/mol. The molecule has 0 heterocycles. The molecule has 0 aromatic heterocycles. The van der Waals surface area contributed by atoms with Crippen LogP contribution in [0.3, 0.4) is 0 Å². The van der Waals surface area contributed by atoms with Crippen molar-refractivity contribution >= 4 is 21.6 Å². The Kier molecular flexibility index (Phi) is 7.55. The molecular weight excluding hydrogens is 184 g/mol. The van der Waals surface area contributed by atoms with Crippen LogP contribution in [0.15, 0.2) is 0 Å². The third-order valence-electron chi connectivity index (χ3n) is 1.44. The smallest absolute Gasteiger partial charge is 0.0125 e. The normalized spacial score (nSPS) is 14.2. The van der Waals surface area contributed by atoms with Crippen LogP contribution in [0.4, 0.5) is 0 Å². The monoisotopic (exact) mass is 206 g/mol. The molecule has 0 amide bonds. The molecular formula is C10H22S2. The molecule has 0 saturated heterocycles. The average molecular weight is 206 g/mol. The first-order valence-corrected chi connectivity index (χ1v) is 7.18. The van der Waals surface area contributed by atoms with Crippen LogP contribution >= 0.6 is 21.6 Å². The van der Waals surface area contributed by atoms with Crippen LogP contribution in [0.2, 0.25) is 0 Å². The third kappa shape index (κ3) is 8.79. The van der Waals surface area contributed by atoms with Crippen molar-refractivity contribution in [1.82, 2.24) is 0 Å². The quantitative estimate of drug-likeness (QED) is 0.589. The standard InChI is InChI=1S/C10H22S2/c1-8(2)6-10(5)12-11-7-9(3)4/h8-10H,6-7H2,1-5H3. The second kappa shape index (κ2) is 7.14. The van der Waals surface area contributed by atoms with Gasteiger partial charge in [0.2, 0.25) is 0 Å². The Bertz CT molecular complexity index is 100. The number of rotatable bonds is 6. The first-order chi connectivity index (χ1) is 5.52. The highest BCUT2D eigenvalue weighted by atomic mass is 33.1. The van der Waals surface area contributed by atoms with Crippen LogP contribution in [-0.2, 0) is 0 Å². The van der Waals surface area contributed by atoms with Crippen molar-refractivity contribution in [1.29, 1.82) is 0 Å². The van der Waals surface area contributed by atoms with Gasteiger partial charge in [-0.1, -0.05) is 56.2 Å². The van der Waals surface area contributed by atoms with E-state index >= 15 is 0 Å². The molecule has 0 N–H and O–H groups in total. The van der Waals surface area contributed by atoms with Gasteiger partial charge in [0.05, 0.1) is 0 Å². The fraction of sp³-hybridized carbons (Fsp3) is 1.00. The molecule has 0 aliphatic carbocycles. The molecule has 0 bridgehead atoms. The SMILES string of the molecule is CC(C)CSSC(C)CC(C)C. The zero-order chi connectivity index (χ0) is 9.56. The van der Waals surface area contributed by atoms with Crippen LogP contribution in [0.25, 0.3) is 0 Å². The molecule has 0 rings (SSSR count). The fourth-order valence-corrected chi connectivity index (χ4v) is 4.03. The molecule has 0 nitrogen and oxygen atoms in total. The Morgan fingerprint density at radius 1 is 0.917 bits per heavy atom. The number of hydrogen-bond donors (Lipinski definition) is 0. The summed E-state index contributed by atoms with van der Waals surface area (Å²) < 4.78 is 0. The van der Waals surface area contributed by atoms with Gasteiger partial charge in [-0.2, -0.15) is 0 Å². The van der Waals surface area contributed by atoms with E-state index in [4.69, 9.17) is 0 Å². The third-order valence-corrected chi connectivity index (χ3v) is 4.70. The molecule has 1 unspecified atom stereocenters. The van der Waals surface area contributed by atoms with E-state index in [0.717, 1.165) is 17.1 Å². The zero-order valence-electron chi connectivity index (χ0n) is 8.96. The second-order valence-corrected chi connectivity index (χ2v) is 7.07. The van der Waals surface area contributed by atoms with Gasteiger partial charge in [0.15, 0.2) is 0 Å². The summed E-state index contributed by atoms with van der Waals surface area (Å²) >= 11 is 0. The van der Waals surface area contributed by atoms with Gasteiger partial charge < -0.3 is 0 Å². The summed E-state index contributed by atoms with van der Waals surface area (Å²) in [6.07, 6.45) is 1.34. The minimum Gasteiger partial charge on any atom is -0.0936 e. The van der Waals surface area contributed by atoms with E-state index in [1.54, 1.807) is 0 Å². The topological polar surface area (TPSA) is 0 Å². The van der Waals surface area contributed by atoms with Crippen molar-refractivity contribution in [3.8, 4) is 0 Å². The van der Waals surface area contributed by atoms with Gasteiger partial charge in [-0.25, -0.2) is 0 Å². The first-order valence-electron chi connectivity index (χ1n) is 4.80. The molecule has 0 radical (unpaired) electrons. The highest BCUT2D eigenvalue weighted by Crippen LogP contribution is 2.31. The largest absolute Gasteiger partial charge is 0.0936 e. The van der Waals surface area contributed by atoms with Crippen molar-refractivity contribution in [2.45, 2.75) is 46.3 Å². The van der Waals surface area contributed by atoms with Gasteiger partial charge in [0.1, 0.15) is 0 Å². The van der Waals surface area contributed by atoms with Gasteiger partial charge in [0, 0.05) is 11.0 Å². The van der Waals surface area contributed by atoms with Crippen LogP contribution in [0.1, 0.15) is 41.0 Å². The lowest BCUT2D eigenvalue weighted by Gasteiger charge is -2.13. The molecule has 0 saturated carbocycles. The van der Waals surface area contributed by atoms with Gasteiger partial charge in [0.25, 0.3) is 0 Å². The van der Waals surface area contributed by atoms with E-state index in [1.165, 1.54) is 12.2 Å². The fourth-order valence-electron chi connectivity index (χ4n) is 0.995. The summed E-state index contributed by atoms with van der Waals surface area (Å²) in [6, 6.07) is 0. The van der Waals surface area contributed by atoms with Crippen molar-refractivity contribution in [3.05, 3.63) is 0 Å². The van der Waals surface area contributed by atoms with Crippen molar-refractivity contribution in [3.63, 3.8) is 0 Å². The summed E-state index contributed by atoms with van der Waals surface area (Å²) in [5.74, 6) is 2.95. The van der Waals surface area contributed by atoms with E-state index in [-0.39, 0.29) is 0 Å². The minimum absolute atomic E-state index is 0.814. The maximum absolute atomic E-state index is 2.33. The van der Waals surface area contributed by atoms with Crippen molar-refractivity contribution < 1.29 is 0 Å². The Morgan fingerprint density at radius 2 is 1.50 bits per heavy atom. The zero-order valence-corrected chi connectivity index (χ0v) is 10.6. The molecule has 74 valence electrons. The summed E-state index contributed by atoms with van der Waals surface area (Å²) in [4.78, 5) is 0. The average Bonchev–Trinajstić information content (AvgIpc) is 1.84. The van der Waals surface area contributed by atoms with E-state index in [1.807, 2.05) is 21.6 Å². The van der Waals surface area contributed by atoms with Crippen LogP contribution < -0.4 is 0 Å². The van der Waals surface area contributed by atoms with Gasteiger partial charge in [-0.3, -0.25) is 0 Å². The maximum Gasteiger partial charge on any atom is 0.0125 e. The Hall–Kier alpha value is 0.700. The number of hydrogen-bond acceptors (Lipinski definition) is 2. The summed E-state index contributed by atoms with van der Waals surface area (Å²) in [6.45, 7) is 11.5. The molecule has 2 heteroatoms. The highest BCUT2D eigenvalue weighted by Gasteiger charge is 2.05. The molecule has 0 aromatic rings. The molecule has 0 aliphatic rings. The van der Waals surface area contributed by atoms with Crippen molar-refractivity contribution in [2.75, 3.05) is 5.75 Å². The Balaban J connectivity index is 3.25. The van der Waals surface area contributed by atoms with Gasteiger partial charge in [-0.15, -0.1) is 0 Å². The van der Waals surface area contributed by atoms with Crippen LogP contribution in [0.5, 0.6) is 0 Å². The predicted octanol–water partition coefficient (Wildman–Crippen LogP) is 4.46. The lowest BCUT2D eigenvalue weighted by atomic mass is 10.1. The molecule has 0 aromatic carbocycles. The van der Waals surface area contributed by atoms with E-state index in [2.05, 4.69) is 34.6 Å². The lowest BCUT2D eigenvalue weighted by molar-refractivity contribution is 0.586. The molecule has 0 aliphatic heterocycles. The molecule has 0 fully saturated rings. The second-order valence-electron chi connectivity index (χ2n) is 4.21. The van der Waals surface area contributed by atoms with E-state index < -0.39 is 0 Å². The molecule has 0 spiro atoms. The maximum atomic E-state index is 2.33. The van der Waals surface area contributed by atoms with Crippen LogP contribution in [0, 0.1) is 11.8 Å². The van der Waals surface area contributed by atoms with E-state index in [0.29, 0.717) is 0 Å². The lowest BCUT2D eigenvalue weighted by Crippen LogP contribution is -2.00. The Morgan fingerprint density at radius 3 is 1.92 bits per heavy atom. The first kappa shape index (κ1) is 12.7. The minimum atomic E-state index is 0.814. The van der Waals surface area contributed by atoms with Gasteiger partial charge in [-0.05, 0) is 18.3 Å². The molecule has 1 atom stereocenters. The summed E-state index contributed by atoms with van der Waals surface area (Å²) in [7, 11) is 4.08. The van der Waals surface area contributed by atoms with Crippen molar-refractivity contribution in [2.24, 2.45) is 11.8 Å². The van der Waals surface area contributed by atoms with E-state index in [9.17, 15) is 0 Å². The summed E-state index contributed by atoms with van der Waals surface area (Å²) in [5.41, 5.74) is 0.